The van der Waals surface area contributed by atoms with Crippen LogP contribution in [0.25, 0.3) is 11.1 Å². The van der Waals surface area contributed by atoms with Crippen molar-refractivity contribution in [1.29, 1.82) is 0 Å². The summed E-state index contributed by atoms with van der Waals surface area (Å²) in [6.45, 7) is 7.27. The van der Waals surface area contributed by atoms with Gasteiger partial charge in [0.25, 0.3) is 5.71 Å². The number of rotatable bonds is 6. The molecule has 1 N–H and O–H groups in total. The maximum Gasteiger partial charge on any atom is 0.263 e. The molecule has 0 unspecified atom stereocenters. The van der Waals surface area contributed by atoms with Gasteiger partial charge in [-0.1, -0.05) is 35.0 Å². The van der Waals surface area contributed by atoms with E-state index in [1.165, 1.54) is 5.56 Å². The average Bonchev–Trinajstić information content (AvgIpc) is 3.12. The van der Waals surface area contributed by atoms with Crippen molar-refractivity contribution in [2.75, 3.05) is 31.2 Å². The summed E-state index contributed by atoms with van der Waals surface area (Å²) in [6, 6.07) is 8.12. The molecule has 0 radical (unpaired) electrons. The highest BCUT2D eigenvalue weighted by Crippen LogP contribution is 2.27. The van der Waals surface area contributed by atoms with Gasteiger partial charge in [0, 0.05) is 32.5 Å². The quantitative estimate of drug-likeness (QED) is 0.684. The van der Waals surface area contributed by atoms with E-state index >= 15 is 0 Å². The molecule has 0 bridgehead atoms. The number of carbonyl (C=O) groups is 1. The van der Waals surface area contributed by atoms with E-state index in [2.05, 4.69) is 20.4 Å². The van der Waals surface area contributed by atoms with E-state index < -0.39 is 0 Å². The van der Waals surface area contributed by atoms with Gasteiger partial charge in [-0.05, 0) is 19.4 Å². The molecular weight excluding hydrogens is 370 g/mol. The number of aryl methyl sites for hydroxylation is 3. The van der Waals surface area contributed by atoms with E-state index in [-0.39, 0.29) is 5.91 Å². The first-order chi connectivity index (χ1) is 14.1. The number of anilines is 1. The summed E-state index contributed by atoms with van der Waals surface area (Å²) < 4.78 is 10.8. The number of morpholine rings is 1. The zero-order chi connectivity index (χ0) is 20.2. The second-order valence-electron chi connectivity index (χ2n) is 7.27. The van der Waals surface area contributed by atoms with Crippen molar-refractivity contribution in [3.05, 3.63) is 46.9 Å². The summed E-state index contributed by atoms with van der Waals surface area (Å²) in [7, 11) is 0. The molecular formula is C21H25N5O3. The molecule has 8 heteroatoms. The molecule has 3 heterocycles. The molecule has 1 fully saturated rings. The van der Waals surface area contributed by atoms with Crippen molar-refractivity contribution in [3.8, 4) is 0 Å². The Labute approximate surface area is 169 Å². The van der Waals surface area contributed by atoms with Crippen LogP contribution in [0.4, 0.5) is 5.82 Å². The lowest BCUT2D eigenvalue weighted by molar-refractivity contribution is -0.121. The van der Waals surface area contributed by atoms with E-state index in [0.717, 1.165) is 35.6 Å². The Morgan fingerprint density at radius 2 is 1.90 bits per heavy atom. The Hall–Kier alpha value is -3.00. The minimum absolute atomic E-state index is 0.0315. The molecule has 0 spiro atoms. The molecule has 152 valence electrons. The van der Waals surface area contributed by atoms with Crippen LogP contribution in [-0.4, -0.2) is 47.3 Å². The van der Waals surface area contributed by atoms with Gasteiger partial charge < -0.3 is 19.5 Å². The van der Waals surface area contributed by atoms with Gasteiger partial charge in [0.15, 0.2) is 0 Å². The molecule has 2 aromatic heterocycles. The first-order valence-corrected chi connectivity index (χ1v) is 9.88. The Morgan fingerprint density at radius 1 is 1.14 bits per heavy atom. The molecule has 1 saturated heterocycles. The lowest BCUT2D eigenvalue weighted by atomic mass is 10.1. The highest BCUT2D eigenvalue weighted by atomic mass is 16.5. The Kier molecular flexibility index (Phi) is 5.71. The third-order valence-electron chi connectivity index (χ3n) is 5.03. The number of amides is 1. The zero-order valence-electron chi connectivity index (χ0n) is 16.8. The van der Waals surface area contributed by atoms with E-state index in [4.69, 9.17) is 14.2 Å². The van der Waals surface area contributed by atoms with Crippen LogP contribution in [0.1, 0.15) is 29.1 Å². The Balaban J connectivity index is 1.43. The molecule has 0 saturated carbocycles. The SMILES string of the molecule is Cc1ccc(CNC(=O)CCc2nc(N3CCOCC3)c3c(C)noc3n2)cc1. The summed E-state index contributed by atoms with van der Waals surface area (Å²) in [4.78, 5) is 23.7. The van der Waals surface area contributed by atoms with E-state index in [9.17, 15) is 4.79 Å². The monoisotopic (exact) mass is 395 g/mol. The molecule has 4 rings (SSSR count). The smallest absolute Gasteiger partial charge is 0.263 e. The van der Waals surface area contributed by atoms with Crippen molar-refractivity contribution < 1.29 is 14.1 Å². The molecule has 1 amide bonds. The van der Waals surface area contributed by atoms with Gasteiger partial charge >= 0.3 is 0 Å². The summed E-state index contributed by atoms with van der Waals surface area (Å²) in [6.07, 6.45) is 0.750. The summed E-state index contributed by atoms with van der Waals surface area (Å²) in [5.41, 5.74) is 3.51. The number of fused-ring (bicyclic) bond motifs is 1. The molecule has 29 heavy (non-hydrogen) atoms. The van der Waals surface area contributed by atoms with Gasteiger partial charge in [-0.15, -0.1) is 0 Å². The van der Waals surface area contributed by atoms with Crippen molar-refractivity contribution in [2.24, 2.45) is 0 Å². The van der Waals surface area contributed by atoms with Gasteiger partial charge in [0.2, 0.25) is 5.91 Å². The van der Waals surface area contributed by atoms with Crippen molar-refractivity contribution in [3.63, 3.8) is 0 Å². The van der Waals surface area contributed by atoms with Gasteiger partial charge in [-0.3, -0.25) is 4.79 Å². The average molecular weight is 395 g/mol. The lowest BCUT2D eigenvalue weighted by Gasteiger charge is -2.28. The van der Waals surface area contributed by atoms with Gasteiger partial charge in [0.05, 0.1) is 18.9 Å². The number of nitrogens with one attached hydrogen (secondary N) is 1. The van der Waals surface area contributed by atoms with Crippen LogP contribution in [0.5, 0.6) is 0 Å². The number of hydrogen-bond acceptors (Lipinski definition) is 7. The van der Waals surface area contributed by atoms with Gasteiger partial charge in [-0.2, -0.15) is 4.98 Å². The van der Waals surface area contributed by atoms with Crippen molar-refractivity contribution in [1.82, 2.24) is 20.4 Å². The predicted octanol–water partition coefficient (Wildman–Crippen LogP) is 2.32. The third-order valence-corrected chi connectivity index (χ3v) is 5.03. The molecule has 0 atom stereocenters. The molecule has 1 aliphatic heterocycles. The summed E-state index contributed by atoms with van der Waals surface area (Å²) in [5, 5.41) is 7.83. The first kappa shape index (κ1) is 19.3. The standard InChI is InChI=1S/C21H25N5O3/c1-14-3-5-16(6-4-14)13-22-18(27)8-7-17-23-20(26-9-11-28-12-10-26)19-15(2)25-29-21(19)24-17/h3-6H,7-13H2,1-2H3,(H,22,27). The number of hydrogen-bond donors (Lipinski definition) is 1. The molecule has 0 aliphatic carbocycles. The largest absolute Gasteiger partial charge is 0.378 e. The number of nitrogens with zero attached hydrogens (tertiary/aromatic N) is 4. The van der Waals surface area contributed by atoms with Gasteiger partial charge in [0.1, 0.15) is 17.0 Å². The topological polar surface area (TPSA) is 93.4 Å². The minimum atomic E-state index is -0.0315. The molecule has 8 nitrogen and oxygen atoms in total. The minimum Gasteiger partial charge on any atom is -0.378 e. The van der Waals surface area contributed by atoms with Crippen molar-refractivity contribution >= 4 is 22.8 Å². The molecule has 3 aromatic rings. The normalized spacial score (nSPS) is 14.3. The Morgan fingerprint density at radius 3 is 2.66 bits per heavy atom. The second-order valence-corrected chi connectivity index (χ2v) is 7.27. The Bertz CT molecular complexity index is 993. The van der Waals surface area contributed by atoms with E-state index in [0.29, 0.717) is 44.1 Å². The lowest BCUT2D eigenvalue weighted by Crippen LogP contribution is -2.37. The first-order valence-electron chi connectivity index (χ1n) is 9.88. The van der Waals surface area contributed by atoms with Crippen LogP contribution in [-0.2, 0) is 22.5 Å². The maximum atomic E-state index is 12.3. The molecule has 1 aromatic carbocycles. The fourth-order valence-corrected chi connectivity index (χ4v) is 3.35. The highest BCUT2D eigenvalue weighted by molar-refractivity contribution is 5.88. The van der Waals surface area contributed by atoms with E-state index in [1.807, 2.05) is 38.1 Å². The number of benzene rings is 1. The van der Waals surface area contributed by atoms with Crippen LogP contribution < -0.4 is 10.2 Å². The zero-order valence-corrected chi connectivity index (χ0v) is 16.8. The summed E-state index contributed by atoms with van der Waals surface area (Å²) >= 11 is 0. The van der Waals surface area contributed by atoms with E-state index in [1.54, 1.807) is 0 Å². The third kappa shape index (κ3) is 4.54. The summed E-state index contributed by atoms with van der Waals surface area (Å²) in [5.74, 6) is 1.36. The van der Waals surface area contributed by atoms with Crippen LogP contribution in [0.2, 0.25) is 0 Å². The fourth-order valence-electron chi connectivity index (χ4n) is 3.35. The maximum absolute atomic E-state index is 12.3. The van der Waals surface area contributed by atoms with Gasteiger partial charge in [-0.25, -0.2) is 4.98 Å². The van der Waals surface area contributed by atoms with Crippen LogP contribution in [0.15, 0.2) is 28.8 Å². The number of carbonyl (C=O) groups excluding carboxylic acids is 1. The fraction of sp³-hybridized carbons (Fsp3) is 0.429. The number of aromatic nitrogens is 3. The van der Waals surface area contributed by atoms with Crippen LogP contribution in [0.3, 0.4) is 0 Å². The van der Waals surface area contributed by atoms with Crippen LogP contribution in [0, 0.1) is 13.8 Å². The van der Waals surface area contributed by atoms with Crippen LogP contribution >= 0.6 is 0 Å². The highest BCUT2D eigenvalue weighted by Gasteiger charge is 2.21. The van der Waals surface area contributed by atoms with Crippen molar-refractivity contribution in [2.45, 2.75) is 33.2 Å². The molecule has 1 aliphatic rings. The predicted molar refractivity (Wildman–Crippen MR) is 109 cm³/mol. The second kappa shape index (κ2) is 8.57. The number of ether oxygens (including phenoxy) is 1.